The molecule has 1 fully saturated rings. The van der Waals surface area contributed by atoms with Gasteiger partial charge in [-0.25, -0.2) is 9.48 Å². The Morgan fingerprint density at radius 2 is 2.09 bits per heavy atom. The first-order valence-corrected chi connectivity index (χ1v) is 7.13. The van der Waals surface area contributed by atoms with Crippen LogP contribution < -0.4 is 11.1 Å². The number of rotatable bonds is 6. The highest BCUT2D eigenvalue weighted by Crippen LogP contribution is 2.18. The van der Waals surface area contributed by atoms with Gasteiger partial charge in [0.15, 0.2) is 0 Å². The van der Waals surface area contributed by atoms with E-state index >= 15 is 0 Å². The second kappa shape index (κ2) is 7.20. The molecule has 4 atom stereocenters. The van der Waals surface area contributed by atoms with Crippen molar-refractivity contribution in [1.29, 1.82) is 0 Å². The number of alkyl halides is 1. The molecule has 0 aliphatic carbocycles. The van der Waals surface area contributed by atoms with Gasteiger partial charge >= 0.3 is 6.09 Å². The van der Waals surface area contributed by atoms with Crippen molar-refractivity contribution in [3.8, 4) is 0 Å². The summed E-state index contributed by atoms with van der Waals surface area (Å²) in [7, 11) is 0. The van der Waals surface area contributed by atoms with Gasteiger partial charge in [-0.3, -0.25) is 0 Å². The van der Waals surface area contributed by atoms with Gasteiger partial charge in [-0.05, 0) is 0 Å². The molecule has 2 heterocycles. The summed E-state index contributed by atoms with van der Waals surface area (Å²) >= 11 is 5.86. The van der Waals surface area contributed by atoms with E-state index in [0.717, 1.165) is 0 Å². The summed E-state index contributed by atoms with van der Waals surface area (Å²) in [5.74, 6) is 0.0687. The zero-order valence-electron chi connectivity index (χ0n) is 11.6. The molecule has 1 aliphatic heterocycles. The molecule has 1 saturated heterocycles. The minimum atomic E-state index is -1.07. The lowest BCUT2D eigenvalue weighted by atomic mass is 10.1. The van der Waals surface area contributed by atoms with Gasteiger partial charge in [0.25, 0.3) is 0 Å². The number of amides is 1. The van der Waals surface area contributed by atoms with Crippen molar-refractivity contribution in [2.45, 2.75) is 43.3 Å². The van der Waals surface area contributed by atoms with E-state index < -0.39 is 30.4 Å². The van der Waals surface area contributed by atoms with Gasteiger partial charge in [-0.15, -0.1) is 16.7 Å². The topological polar surface area (TPSA) is 156 Å². The van der Waals surface area contributed by atoms with E-state index in [4.69, 9.17) is 22.4 Å². The highest BCUT2D eigenvalue weighted by atomic mass is 35.5. The Morgan fingerprint density at radius 3 is 2.64 bits per heavy atom. The smallest absolute Gasteiger partial charge is 0.404 e. The zero-order chi connectivity index (χ0) is 16.3. The van der Waals surface area contributed by atoms with Gasteiger partial charge in [0.05, 0.1) is 49.0 Å². The van der Waals surface area contributed by atoms with E-state index in [9.17, 15) is 15.0 Å². The van der Waals surface area contributed by atoms with E-state index in [-0.39, 0.29) is 25.6 Å². The Labute approximate surface area is 130 Å². The summed E-state index contributed by atoms with van der Waals surface area (Å²) in [6, 6.07) is -1.14. The lowest BCUT2D eigenvalue weighted by Gasteiger charge is -2.16. The second-order valence-electron chi connectivity index (χ2n) is 4.95. The van der Waals surface area contributed by atoms with Crippen LogP contribution in [0.1, 0.15) is 11.4 Å². The van der Waals surface area contributed by atoms with Crippen molar-refractivity contribution < 1.29 is 24.9 Å². The Morgan fingerprint density at radius 1 is 1.41 bits per heavy atom. The van der Waals surface area contributed by atoms with Crippen molar-refractivity contribution in [2.24, 2.45) is 5.73 Å². The molecule has 10 nitrogen and oxygen atoms in total. The molecule has 22 heavy (non-hydrogen) atoms. The fourth-order valence-electron chi connectivity index (χ4n) is 2.37. The number of nitrogens with one attached hydrogen (secondary N) is 1. The number of aliphatic hydroxyl groups is 3. The van der Waals surface area contributed by atoms with Crippen molar-refractivity contribution in [3.63, 3.8) is 0 Å². The number of carbonyl (C=O) groups is 1. The molecule has 0 saturated carbocycles. The minimum Gasteiger partial charge on any atom is -0.443 e. The number of nitrogens with zero attached hydrogens (tertiary/aromatic N) is 3. The summed E-state index contributed by atoms with van der Waals surface area (Å²) < 4.78 is 6.10. The summed E-state index contributed by atoms with van der Waals surface area (Å²) in [4.78, 5) is 10.6. The van der Waals surface area contributed by atoms with E-state index in [0.29, 0.717) is 11.4 Å². The number of hydrogen-bond donors (Lipinski definition) is 5. The largest absolute Gasteiger partial charge is 0.443 e. The predicted octanol–water partition coefficient (Wildman–Crippen LogP) is -2.33. The van der Waals surface area contributed by atoms with Crippen LogP contribution in [0, 0.1) is 0 Å². The number of ether oxygens (including phenoxy) is 1. The standard InChI is InChI=1S/C11H18ClN5O5/c12-1-8-7(4-22-11(13)21)15-16-17(8)2-5-9(19)10(20)6(3-18)14-5/h5-6,9-10,14,18-20H,1-4H2,(H2,13,21)/t5-,6-,9-,10-/m1/s1. The lowest BCUT2D eigenvalue weighted by Crippen LogP contribution is -2.38. The Hall–Kier alpha value is -1.46. The Bertz CT molecular complexity index is 527. The van der Waals surface area contributed by atoms with Gasteiger partial charge < -0.3 is 31.1 Å². The second-order valence-corrected chi connectivity index (χ2v) is 5.22. The summed E-state index contributed by atoms with van der Waals surface area (Å²) in [5.41, 5.74) is 5.77. The molecule has 1 aliphatic rings. The molecule has 0 aromatic carbocycles. The van der Waals surface area contributed by atoms with Crippen molar-refractivity contribution >= 4 is 17.7 Å². The van der Waals surface area contributed by atoms with Crippen LogP contribution in [-0.4, -0.2) is 67.3 Å². The molecule has 0 radical (unpaired) electrons. The third-order valence-electron chi connectivity index (χ3n) is 3.56. The molecule has 0 unspecified atom stereocenters. The van der Waals surface area contributed by atoms with Crippen LogP contribution >= 0.6 is 11.6 Å². The number of halogens is 1. The van der Waals surface area contributed by atoms with Gasteiger partial charge in [-0.1, -0.05) is 5.21 Å². The lowest BCUT2D eigenvalue weighted by molar-refractivity contribution is 0.0174. The molecule has 0 bridgehead atoms. The number of carbonyl (C=O) groups excluding carboxylic acids is 1. The SMILES string of the molecule is NC(=O)OCc1nnn(C[C@H]2N[C@H](CO)[C@@H](O)[C@@H]2O)c1CCl. The van der Waals surface area contributed by atoms with Gasteiger partial charge in [-0.2, -0.15) is 0 Å². The molecular weight excluding hydrogens is 318 g/mol. The molecule has 6 N–H and O–H groups in total. The maximum absolute atomic E-state index is 10.6. The first-order valence-electron chi connectivity index (χ1n) is 6.60. The normalized spacial score (nSPS) is 28.0. The Balaban J connectivity index is 2.08. The maximum atomic E-state index is 10.6. The fourth-order valence-corrected chi connectivity index (χ4v) is 2.66. The van der Waals surface area contributed by atoms with Crippen molar-refractivity contribution in [2.75, 3.05) is 6.61 Å². The van der Waals surface area contributed by atoms with Crippen LogP contribution in [0.4, 0.5) is 4.79 Å². The van der Waals surface area contributed by atoms with Crippen LogP contribution in [0.3, 0.4) is 0 Å². The van der Waals surface area contributed by atoms with Crippen LogP contribution in [0.15, 0.2) is 0 Å². The first kappa shape index (κ1) is 16.9. The summed E-state index contributed by atoms with van der Waals surface area (Å²) in [5, 5.41) is 39.5. The molecule has 1 aromatic heterocycles. The Kier molecular flexibility index (Phi) is 5.53. The van der Waals surface area contributed by atoms with Crippen LogP contribution in [0.25, 0.3) is 0 Å². The van der Waals surface area contributed by atoms with Crippen LogP contribution in [-0.2, 0) is 23.8 Å². The highest BCUT2D eigenvalue weighted by Gasteiger charge is 2.41. The van der Waals surface area contributed by atoms with Gasteiger partial charge in [0, 0.05) is 0 Å². The third-order valence-corrected chi connectivity index (χ3v) is 3.82. The van der Waals surface area contributed by atoms with Crippen molar-refractivity contribution in [3.05, 3.63) is 11.4 Å². The molecule has 2 rings (SSSR count). The average Bonchev–Trinajstić information content (AvgIpc) is 3.00. The summed E-state index contributed by atoms with van der Waals surface area (Å²) in [6.07, 6.45) is -3.07. The molecule has 11 heteroatoms. The average molecular weight is 336 g/mol. The third kappa shape index (κ3) is 3.47. The number of hydrogen-bond acceptors (Lipinski definition) is 8. The first-order chi connectivity index (χ1) is 10.5. The molecule has 0 spiro atoms. The van der Waals surface area contributed by atoms with E-state index in [2.05, 4.69) is 20.4 Å². The van der Waals surface area contributed by atoms with Crippen LogP contribution in [0.5, 0.6) is 0 Å². The van der Waals surface area contributed by atoms with Gasteiger partial charge in [0.1, 0.15) is 12.3 Å². The summed E-state index contributed by atoms with van der Waals surface area (Å²) in [6.45, 7) is -0.271. The number of aromatic nitrogens is 3. The minimum absolute atomic E-state index is 0.0687. The van der Waals surface area contributed by atoms with Crippen LogP contribution in [0.2, 0.25) is 0 Å². The van der Waals surface area contributed by atoms with Gasteiger partial charge in [0.2, 0.25) is 0 Å². The van der Waals surface area contributed by atoms with E-state index in [1.54, 1.807) is 0 Å². The number of primary amides is 1. The molecule has 1 amide bonds. The quantitative estimate of drug-likeness (QED) is 0.362. The molecule has 1 aromatic rings. The number of aliphatic hydroxyl groups excluding tert-OH is 3. The highest BCUT2D eigenvalue weighted by molar-refractivity contribution is 6.17. The van der Waals surface area contributed by atoms with E-state index in [1.165, 1.54) is 4.68 Å². The molecular formula is C11H18ClN5O5. The number of nitrogens with two attached hydrogens (primary N) is 1. The molecule has 124 valence electrons. The predicted molar refractivity (Wildman–Crippen MR) is 73.8 cm³/mol. The van der Waals surface area contributed by atoms with Crippen molar-refractivity contribution in [1.82, 2.24) is 20.3 Å². The zero-order valence-corrected chi connectivity index (χ0v) is 12.3. The monoisotopic (exact) mass is 335 g/mol. The fraction of sp³-hybridized carbons (Fsp3) is 0.727. The maximum Gasteiger partial charge on any atom is 0.404 e. The van der Waals surface area contributed by atoms with E-state index in [1.807, 2.05) is 0 Å².